The molecule has 4 N–H and O–H groups in total. The Labute approximate surface area is 116 Å². The molecule has 2 amide bonds. The normalized spacial score (nSPS) is 11.7. The molecule has 1 aromatic heterocycles. The number of amides is 2. The van der Waals surface area contributed by atoms with Crippen molar-refractivity contribution in [3.63, 3.8) is 0 Å². The van der Waals surface area contributed by atoms with Crippen LogP contribution in [0.5, 0.6) is 0 Å². The number of aliphatic carboxylic acids is 1. The lowest BCUT2D eigenvalue weighted by Crippen LogP contribution is -2.47. The van der Waals surface area contributed by atoms with Crippen LogP contribution in [0.3, 0.4) is 0 Å². The van der Waals surface area contributed by atoms with Gasteiger partial charge in [-0.2, -0.15) is 0 Å². The van der Waals surface area contributed by atoms with Gasteiger partial charge in [0.05, 0.1) is 12.0 Å². The lowest BCUT2D eigenvalue weighted by Gasteiger charge is -2.16. The maximum absolute atomic E-state index is 11.7. The van der Waals surface area contributed by atoms with Gasteiger partial charge in [-0.05, 0) is 6.42 Å². The van der Waals surface area contributed by atoms with Crippen LogP contribution in [0.1, 0.15) is 25.0 Å². The molecule has 20 heavy (non-hydrogen) atoms. The minimum atomic E-state index is -0.947. The van der Waals surface area contributed by atoms with Gasteiger partial charge in [0, 0.05) is 32.5 Å². The summed E-state index contributed by atoms with van der Waals surface area (Å²) in [5.74, 6) is -1.62. The molecule has 1 rings (SSSR count). The fraction of sp³-hybridized carbons (Fsp3) is 0.500. The number of rotatable bonds is 8. The smallest absolute Gasteiger partial charge is 0.303 e. The Hall–Kier alpha value is -2.38. The van der Waals surface area contributed by atoms with E-state index in [-0.39, 0.29) is 37.5 Å². The zero-order valence-electron chi connectivity index (χ0n) is 11.2. The van der Waals surface area contributed by atoms with Crippen LogP contribution in [0.15, 0.2) is 12.5 Å². The fourth-order valence-electron chi connectivity index (χ4n) is 1.66. The molecule has 110 valence electrons. The van der Waals surface area contributed by atoms with E-state index in [1.807, 2.05) is 0 Å². The number of carboxylic acid groups (broad SMARTS) is 1. The van der Waals surface area contributed by atoms with Crippen molar-refractivity contribution in [1.82, 2.24) is 20.6 Å². The highest BCUT2D eigenvalue weighted by molar-refractivity contribution is 5.87. The number of carboxylic acids is 1. The van der Waals surface area contributed by atoms with E-state index in [9.17, 15) is 14.4 Å². The van der Waals surface area contributed by atoms with E-state index in [0.717, 1.165) is 0 Å². The first-order valence-corrected chi connectivity index (χ1v) is 6.23. The second kappa shape index (κ2) is 7.93. The number of carbonyl (C=O) groups is 3. The molecule has 0 radical (unpaired) electrons. The van der Waals surface area contributed by atoms with Crippen molar-refractivity contribution in [2.45, 2.75) is 31.7 Å². The Morgan fingerprint density at radius 3 is 2.70 bits per heavy atom. The van der Waals surface area contributed by atoms with Crippen LogP contribution in [0.2, 0.25) is 0 Å². The van der Waals surface area contributed by atoms with Gasteiger partial charge in [-0.15, -0.1) is 0 Å². The second-order valence-corrected chi connectivity index (χ2v) is 4.25. The van der Waals surface area contributed by atoms with E-state index >= 15 is 0 Å². The first kappa shape index (κ1) is 15.7. The van der Waals surface area contributed by atoms with Crippen molar-refractivity contribution in [3.05, 3.63) is 18.2 Å². The Bertz CT molecular complexity index is 458. The molecule has 8 heteroatoms. The van der Waals surface area contributed by atoms with Gasteiger partial charge in [-0.25, -0.2) is 4.98 Å². The quantitative estimate of drug-likeness (QED) is 0.508. The van der Waals surface area contributed by atoms with Crippen molar-refractivity contribution in [2.75, 3.05) is 7.05 Å². The Morgan fingerprint density at radius 2 is 2.15 bits per heavy atom. The van der Waals surface area contributed by atoms with Gasteiger partial charge >= 0.3 is 5.97 Å². The first-order chi connectivity index (χ1) is 9.52. The number of imidazole rings is 1. The van der Waals surface area contributed by atoms with Gasteiger partial charge in [0.1, 0.15) is 6.04 Å². The zero-order chi connectivity index (χ0) is 15.0. The van der Waals surface area contributed by atoms with Gasteiger partial charge < -0.3 is 20.7 Å². The lowest BCUT2D eigenvalue weighted by molar-refractivity contribution is -0.137. The molecule has 0 spiro atoms. The average molecular weight is 282 g/mol. The van der Waals surface area contributed by atoms with E-state index in [1.165, 1.54) is 13.4 Å². The molecule has 0 aliphatic rings. The third-order valence-electron chi connectivity index (χ3n) is 2.66. The number of nitrogens with zero attached hydrogens (tertiary/aromatic N) is 1. The van der Waals surface area contributed by atoms with Crippen LogP contribution < -0.4 is 10.6 Å². The van der Waals surface area contributed by atoms with Crippen LogP contribution >= 0.6 is 0 Å². The lowest BCUT2D eigenvalue weighted by atomic mass is 10.1. The Morgan fingerprint density at radius 1 is 1.40 bits per heavy atom. The molecule has 0 aromatic carbocycles. The van der Waals surface area contributed by atoms with Crippen LogP contribution in [-0.2, 0) is 20.8 Å². The molecule has 1 unspecified atom stereocenters. The molecular formula is C12H18N4O4. The largest absolute Gasteiger partial charge is 0.481 e. The summed E-state index contributed by atoms with van der Waals surface area (Å²) in [5, 5.41) is 13.6. The van der Waals surface area contributed by atoms with Gasteiger partial charge in [0.2, 0.25) is 11.8 Å². The van der Waals surface area contributed by atoms with Crippen LogP contribution in [0.25, 0.3) is 0 Å². The van der Waals surface area contributed by atoms with E-state index in [4.69, 9.17) is 5.11 Å². The number of carbonyl (C=O) groups excluding carboxylic acids is 2. The van der Waals surface area contributed by atoms with E-state index < -0.39 is 12.0 Å². The van der Waals surface area contributed by atoms with Crippen molar-refractivity contribution < 1.29 is 19.5 Å². The average Bonchev–Trinajstić information content (AvgIpc) is 2.89. The summed E-state index contributed by atoms with van der Waals surface area (Å²) in [6.45, 7) is 0. The van der Waals surface area contributed by atoms with Crippen LogP contribution in [-0.4, -0.2) is 45.9 Å². The molecule has 0 aliphatic carbocycles. The zero-order valence-corrected chi connectivity index (χ0v) is 11.2. The Balaban J connectivity index is 2.49. The molecule has 8 nitrogen and oxygen atoms in total. The molecule has 0 aliphatic heterocycles. The highest BCUT2D eigenvalue weighted by Crippen LogP contribution is 2.01. The van der Waals surface area contributed by atoms with Crippen molar-refractivity contribution in [3.8, 4) is 0 Å². The number of likely N-dealkylation sites (N-methyl/N-ethyl adjacent to an activating group) is 1. The molecule has 0 fully saturated rings. The Kier molecular flexibility index (Phi) is 6.21. The van der Waals surface area contributed by atoms with Gasteiger partial charge in [-0.1, -0.05) is 0 Å². The van der Waals surface area contributed by atoms with Crippen molar-refractivity contribution in [2.24, 2.45) is 0 Å². The topological polar surface area (TPSA) is 124 Å². The maximum atomic E-state index is 11.7. The molecule has 0 saturated carbocycles. The monoisotopic (exact) mass is 282 g/mol. The van der Waals surface area contributed by atoms with Gasteiger partial charge in [0.15, 0.2) is 0 Å². The highest BCUT2D eigenvalue weighted by atomic mass is 16.4. The third-order valence-corrected chi connectivity index (χ3v) is 2.66. The molecule has 1 aromatic rings. The fourth-order valence-corrected chi connectivity index (χ4v) is 1.66. The summed E-state index contributed by atoms with van der Waals surface area (Å²) < 4.78 is 0. The van der Waals surface area contributed by atoms with Crippen molar-refractivity contribution >= 4 is 17.8 Å². The minimum absolute atomic E-state index is 0.0698. The van der Waals surface area contributed by atoms with E-state index in [0.29, 0.717) is 5.69 Å². The summed E-state index contributed by atoms with van der Waals surface area (Å²) in [7, 11) is 1.48. The van der Waals surface area contributed by atoms with Gasteiger partial charge in [0.25, 0.3) is 0 Å². The number of aromatic amines is 1. The predicted octanol–water partition coefficient (Wildman–Crippen LogP) is -0.562. The maximum Gasteiger partial charge on any atom is 0.303 e. The van der Waals surface area contributed by atoms with Crippen molar-refractivity contribution in [1.29, 1.82) is 0 Å². The number of aromatic nitrogens is 2. The van der Waals surface area contributed by atoms with Crippen LogP contribution in [0.4, 0.5) is 0 Å². The number of hydrogen-bond donors (Lipinski definition) is 4. The molecular weight excluding hydrogens is 264 g/mol. The summed E-state index contributed by atoms with van der Waals surface area (Å²) >= 11 is 0. The summed E-state index contributed by atoms with van der Waals surface area (Å²) in [6.07, 6.45) is 3.65. The molecule has 1 atom stereocenters. The third kappa shape index (κ3) is 5.51. The van der Waals surface area contributed by atoms with E-state index in [1.54, 1.807) is 6.20 Å². The number of hydrogen-bond acceptors (Lipinski definition) is 4. The predicted molar refractivity (Wildman–Crippen MR) is 69.8 cm³/mol. The van der Waals surface area contributed by atoms with Crippen LogP contribution in [0, 0.1) is 0 Å². The summed E-state index contributed by atoms with van der Waals surface area (Å²) in [5.41, 5.74) is 0.657. The number of nitrogens with one attached hydrogen (secondary N) is 3. The van der Waals surface area contributed by atoms with E-state index in [2.05, 4.69) is 20.6 Å². The minimum Gasteiger partial charge on any atom is -0.481 e. The van der Waals surface area contributed by atoms with Gasteiger partial charge in [-0.3, -0.25) is 14.4 Å². The molecule has 1 heterocycles. The summed E-state index contributed by atoms with van der Waals surface area (Å²) in [4.78, 5) is 40.5. The second-order valence-electron chi connectivity index (χ2n) is 4.25. The first-order valence-electron chi connectivity index (χ1n) is 6.23. The molecule has 0 bridgehead atoms. The molecule has 0 saturated heterocycles. The standard InChI is InChI=1S/C12H18N4O4/c1-13-12(20)9(5-8-6-14-7-15-8)16-10(17)3-2-4-11(18)19/h6-7,9H,2-5H2,1H3,(H,13,20)(H,14,15)(H,16,17)(H,18,19). The highest BCUT2D eigenvalue weighted by Gasteiger charge is 2.20. The summed E-state index contributed by atoms with van der Waals surface area (Å²) in [6, 6.07) is -0.722. The number of H-pyrrole nitrogens is 1. The SMILES string of the molecule is CNC(=O)C(Cc1c[nH]cn1)NC(=O)CCCC(=O)O.